The summed E-state index contributed by atoms with van der Waals surface area (Å²) < 4.78 is 11.4. The number of rotatable bonds is 3. The summed E-state index contributed by atoms with van der Waals surface area (Å²) in [6.07, 6.45) is 4.05. The summed E-state index contributed by atoms with van der Waals surface area (Å²) in [6, 6.07) is 0.623. The first-order chi connectivity index (χ1) is 6.75. The van der Waals surface area contributed by atoms with Crippen molar-refractivity contribution in [2.45, 2.75) is 51.5 Å². The van der Waals surface area contributed by atoms with Crippen LogP contribution in [-0.2, 0) is 9.47 Å². The van der Waals surface area contributed by atoms with Crippen molar-refractivity contribution < 1.29 is 9.47 Å². The summed E-state index contributed by atoms with van der Waals surface area (Å²) in [6.45, 7) is 7.44. The second kappa shape index (κ2) is 4.60. The number of nitrogens with zero attached hydrogens (tertiary/aromatic N) is 1. The molecule has 0 spiro atoms. The second-order valence-electron chi connectivity index (χ2n) is 4.55. The van der Waals surface area contributed by atoms with Crippen LogP contribution >= 0.6 is 0 Å². The van der Waals surface area contributed by atoms with E-state index in [0.29, 0.717) is 12.1 Å². The van der Waals surface area contributed by atoms with Crippen molar-refractivity contribution in [3.05, 3.63) is 0 Å². The Morgan fingerprint density at radius 3 is 2.64 bits per heavy atom. The molecule has 0 bridgehead atoms. The van der Waals surface area contributed by atoms with Crippen molar-refractivity contribution in [3.8, 4) is 0 Å². The predicted molar refractivity (Wildman–Crippen MR) is 55.2 cm³/mol. The van der Waals surface area contributed by atoms with Crippen LogP contribution in [0.5, 0.6) is 0 Å². The fourth-order valence-electron chi connectivity index (χ4n) is 1.81. The van der Waals surface area contributed by atoms with Crippen molar-refractivity contribution in [2.24, 2.45) is 0 Å². The highest BCUT2D eigenvalue weighted by atomic mass is 16.7. The molecule has 2 aliphatic rings. The topological polar surface area (TPSA) is 21.7 Å². The lowest BCUT2D eigenvalue weighted by Crippen LogP contribution is -2.33. The van der Waals surface area contributed by atoms with Gasteiger partial charge in [0.25, 0.3) is 0 Å². The average Bonchev–Trinajstić information content (AvgIpc) is 2.92. The lowest BCUT2D eigenvalue weighted by atomic mass is 10.3. The first-order valence-electron chi connectivity index (χ1n) is 5.77. The fourth-order valence-corrected chi connectivity index (χ4v) is 1.81. The van der Waals surface area contributed by atoms with E-state index in [1.807, 2.05) is 0 Å². The van der Waals surface area contributed by atoms with Gasteiger partial charge in [0.2, 0.25) is 0 Å². The molecule has 1 atom stereocenters. The molecule has 2 rings (SSSR count). The fraction of sp³-hybridized carbons (Fsp3) is 1.00. The van der Waals surface area contributed by atoms with Gasteiger partial charge in [-0.15, -0.1) is 0 Å². The third-order valence-electron chi connectivity index (χ3n) is 2.93. The molecule has 82 valence electrons. The largest absolute Gasteiger partial charge is 0.351 e. The molecule has 0 amide bonds. The minimum atomic E-state index is 0.0613. The van der Waals surface area contributed by atoms with E-state index in [1.165, 1.54) is 12.8 Å². The summed E-state index contributed by atoms with van der Waals surface area (Å²) >= 11 is 0. The SMILES string of the molecule is CC(C)N1CCOC(OC2CC2)CC1. The molecule has 1 aliphatic heterocycles. The van der Waals surface area contributed by atoms with Crippen LogP contribution < -0.4 is 0 Å². The Balaban J connectivity index is 1.75. The van der Waals surface area contributed by atoms with Crippen molar-refractivity contribution in [1.29, 1.82) is 0 Å². The highest BCUT2D eigenvalue weighted by Gasteiger charge is 2.28. The zero-order valence-electron chi connectivity index (χ0n) is 9.24. The quantitative estimate of drug-likeness (QED) is 0.689. The molecule has 1 saturated carbocycles. The maximum Gasteiger partial charge on any atom is 0.159 e. The second-order valence-corrected chi connectivity index (χ2v) is 4.55. The van der Waals surface area contributed by atoms with E-state index in [0.717, 1.165) is 26.1 Å². The summed E-state index contributed by atoms with van der Waals surface area (Å²) in [7, 11) is 0. The van der Waals surface area contributed by atoms with Crippen LogP contribution in [0.3, 0.4) is 0 Å². The normalized spacial score (nSPS) is 30.6. The van der Waals surface area contributed by atoms with Gasteiger partial charge in [-0.1, -0.05) is 0 Å². The first kappa shape index (κ1) is 10.4. The molecule has 0 aromatic heterocycles. The van der Waals surface area contributed by atoms with Gasteiger partial charge in [-0.3, -0.25) is 4.90 Å². The molecule has 3 heteroatoms. The number of ether oxygens (including phenoxy) is 2. The molecule has 1 unspecified atom stereocenters. The molecule has 2 fully saturated rings. The van der Waals surface area contributed by atoms with Crippen molar-refractivity contribution in [2.75, 3.05) is 19.7 Å². The predicted octanol–water partition coefficient (Wildman–Crippen LogP) is 1.62. The number of hydrogen-bond donors (Lipinski definition) is 0. The van der Waals surface area contributed by atoms with Crippen molar-refractivity contribution in [3.63, 3.8) is 0 Å². The minimum Gasteiger partial charge on any atom is -0.351 e. The van der Waals surface area contributed by atoms with E-state index < -0.39 is 0 Å². The molecule has 1 saturated heterocycles. The molecule has 0 aromatic carbocycles. The van der Waals surface area contributed by atoms with Crippen LogP contribution in [0.25, 0.3) is 0 Å². The Bertz CT molecular complexity index is 180. The molecule has 0 aromatic rings. The Morgan fingerprint density at radius 2 is 2.00 bits per heavy atom. The lowest BCUT2D eigenvalue weighted by molar-refractivity contribution is -0.144. The highest BCUT2D eigenvalue weighted by Crippen LogP contribution is 2.26. The van der Waals surface area contributed by atoms with Crippen LogP contribution in [0.2, 0.25) is 0 Å². The van der Waals surface area contributed by atoms with E-state index in [2.05, 4.69) is 18.7 Å². The van der Waals surface area contributed by atoms with Gasteiger partial charge in [-0.05, 0) is 26.7 Å². The van der Waals surface area contributed by atoms with Gasteiger partial charge < -0.3 is 9.47 Å². The molecule has 0 radical (unpaired) electrons. The highest BCUT2D eigenvalue weighted by molar-refractivity contribution is 4.75. The smallest absolute Gasteiger partial charge is 0.159 e. The summed E-state index contributed by atoms with van der Waals surface area (Å²) in [4.78, 5) is 2.45. The first-order valence-corrected chi connectivity index (χ1v) is 5.77. The third-order valence-corrected chi connectivity index (χ3v) is 2.93. The molecular weight excluding hydrogens is 178 g/mol. The van der Waals surface area contributed by atoms with E-state index >= 15 is 0 Å². The van der Waals surface area contributed by atoms with Gasteiger partial charge in [0, 0.05) is 25.6 Å². The Morgan fingerprint density at radius 1 is 1.21 bits per heavy atom. The third kappa shape index (κ3) is 2.94. The van der Waals surface area contributed by atoms with Crippen LogP contribution in [0.1, 0.15) is 33.1 Å². The van der Waals surface area contributed by atoms with Crippen molar-refractivity contribution >= 4 is 0 Å². The van der Waals surface area contributed by atoms with Crippen LogP contribution in [-0.4, -0.2) is 43.0 Å². The van der Waals surface area contributed by atoms with E-state index in [4.69, 9.17) is 9.47 Å². The zero-order valence-corrected chi connectivity index (χ0v) is 9.24. The maximum atomic E-state index is 5.76. The standard InChI is InChI=1S/C11H21NO2/c1-9(2)12-6-5-11(13-8-7-12)14-10-3-4-10/h9-11H,3-8H2,1-2H3. The van der Waals surface area contributed by atoms with Gasteiger partial charge in [0.1, 0.15) is 0 Å². The Labute approximate surface area is 86.4 Å². The molecule has 1 heterocycles. The molecular formula is C11H21NO2. The lowest BCUT2D eigenvalue weighted by Gasteiger charge is -2.23. The molecule has 14 heavy (non-hydrogen) atoms. The van der Waals surface area contributed by atoms with Gasteiger partial charge in [0.15, 0.2) is 6.29 Å². The van der Waals surface area contributed by atoms with Crippen LogP contribution in [0.4, 0.5) is 0 Å². The van der Waals surface area contributed by atoms with Crippen LogP contribution in [0.15, 0.2) is 0 Å². The zero-order chi connectivity index (χ0) is 9.97. The monoisotopic (exact) mass is 199 g/mol. The van der Waals surface area contributed by atoms with Gasteiger partial charge in [0.05, 0.1) is 12.7 Å². The van der Waals surface area contributed by atoms with E-state index in [-0.39, 0.29) is 6.29 Å². The number of hydrogen-bond acceptors (Lipinski definition) is 3. The minimum absolute atomic E-state index is 0.0613. The van der Waals surface area contributed by atoms with Crippen molar-refractivity contribution in [1.82, 2.24) is 4.90 Å². The van der Waals surface area contributed by atoms with Crippen LogP contribution in [0, 0.1) is 0 Å². The average molecular weight is 199 g/mol. The van der Waals surface area contributed by atoms with Gasteiger partial charge >= 0.3 is 0 Å². The summed E-state index contributed by atoms with van der Waals surface area (Å²) in [5.74, 6) is 0. The molecule has 3 nitrogen and oxygen atoms in total. The van der Waals surface area contributed by atoms with Gasteiger partial charge in [-0.25, -0.2) is 0 Å². The summed E-state index contributed by atoms with van der Waals surface area (Å²) in [5, 5.41) is 0. The van der Waals surface area contributed by atoms with E-state index in [1.54, 1.807) is 0 Å². The maximum absolute atomic E-state index is 5.76. The molecule has 1 aliphatic carbocycles. The summed E-state index contributed by atoms with van der Waals surface area (Å²) in [5.41, 5.74) is 0. The van der Waals surface area contributed by atoms with Gasteiger partial charge in [-0.2, -0.15) is 0 Å². The van der Waals surface area contributed by atoms with E-state index in [9.17, 15) is 0 Å². The molecule has 0 N–H and O–H groups in total. The Kier molecular flexibility index (Phi) is 3.42. The Hall–Kier alpha value is -0.120.